The van der Waals surface area contributed by atoms with Gasteiger partial charge in [0.1, 0.15) is 23.9 Å². The monoisotopic (exact) mass is 461 g/mol. The van der Waals surface area contributed by atoms with Gasteiger partial charge in [0.15, 0.2) is 0 Å². The molecule has 3 heterocycles. The number of hydrogen-bond acceptors (Lipinski definition) is 5. The van der Waals surface area contributed by atoms with Gasteiger partial charge in [-0.25, -0.2) is 14.8 Å². The Balaban J connectivity index is 0.00000149. The Hall–Kier alpha value is -3.56. The molecule has 1 aromatic carbocycles. The summed E-state index contributed by atoms with van der Waals surface area (Å²) >= 11 is 0. The van der Waals surface area contributed by atoms with E-state index in [0.717, 1.165) is 11.8 Å². The number of imidazole rings is 1. The summed E-state index contributed by atoms with van der Waals surface area (Å²) in [6.07, 6.45) is -2.58. The number of amides is 1. The Morgan fingerprint density at radius 2 is 1.70 bits per heavy atom. The largest absolute Gasteiger partial charge is 0.445 e. The van der Waals surface area contributed by atoms with Crippen LogP contribution in [0.4, 0.5) is 23.8 Å². The second-order valence-corrected chi connectivity index (χ2v) is 7.06. The van der Waals surface area contributed by atoms with Gasteiger partial charge in [0.05, 0.1) is 6.20 Å². The normalized spacial score (nSPS) is 13.8. The van der Waals surface area contributed by atoms with Crippen LogP contribution in [0.2, 0.25) is 0 Å². The van der Waals surface area contributed by atoms with Crippen LogP contribution in [0.5, 0.6) is 0 Å². The van der Waals surface area contributed by atoms with Crippen LogP contribution in [0, 0.1) is 0 Å². The van der Waals surface area contributed by atoms with Gasteiger partial charge in [-0.2, -0.15) is 13.2 Å². The molecule has 0 spiro atoms. The van der Waals surface area contributed by atoms with Crippen molar-refractivity contribution in [3.8, 4) is 11.4 Å². The zero-order valence-corrected chi connectivity index (χ0v) is 18.5. The molecule has 3 aromatic rings. The Bertz CT molecular complexity index is 1010. The highest BCUT2D eigenvalue weighted by Gasteiger charge is 2.33. The van der Waals surface area contributed by atoms with E-state index in [9.17, 15) is 18.0 Å². The summed E-state index contributed by atoms with van der Waals surface area (Å²) in [4.78, 5) is 26.3. The van der Waals surface area contributed by atoms with Gasteiger partial charge in [-0.15, -0.1) is 0 Å². The van der Waals surface area contributed by atoms with Crippen LogP contribution in [0.3, 0.4) is 0 Å². The summed E-state index contributed by atoms with van der Waals surface area (Å²) in [7, 11) is 0. The average Bonchev–Trinajstić information content (AvgIpc) is 3.36. The predicted molar refractivity (Wildman–Crippen MR) is 119 cm³/mol. The van der Waals surface area contributed by atoms with Crippen LogP contribution in [-0.2, 0) is 17.5 Å². The number of ether oxygens (including phenoxy) is 1. The van der Waals surface area contributed by atoms with E-state index in [-0.39, 0.29) is 18.5 Å². The molecule has 0 radical (unpaired) electrons. The van der Waals surface area contributed by atoms with Gasteiger partial charge < -0.3 is 19.5 Å². The summed E-state index contributed by atoms with van der Waals surface area (Å²) in [5.74, 6) is 0.793. The Labute approximate surface area is 190 Å². The maximum absolute atomic E-state index is 12.7. The number of anilines is 1. The van der Waals surface area contributed by atoms with E-state index in [1.54, 1.807) is 17.0 Å². The Kier molecular flexibility index (Phi) is 7.92. The number of aromatic amines is 1. The second kappa shape index (κ2) is 10.8. The minimum absolute atomic E-state index is 0.109. The van der Waals surface area contributed by atoms with Crippen molar-refractivity contribution in [1.29, 1.82) is 0 Å². The molecular formula is C23H26F3N5O2. The van der Waals surface area contributed by atoms with Crippen molar-refractivity contribution >= 4 is 11.9 Å². The van der Waals surface area contributed by atoms with Crippen LogP contribution in [0.25, 0.3) is 11.4 Å². The standard InChI is InChI=1S/C21H20F3N5O2.C2H6/c22-21(23,24)17-13-26-19(27-17)16-6-7-18(25-12-16)28-8-10-29(11-9-28)20(30)31-14-15-4-2-1-3-5-15;1-2/h1-7,12-13H,8-11,14H2,(H,26,27);1-2H3. The lowest BCUT2D eigenvalue weighted by Gasteiger charge is -2.34. The summed E-state index contributed by atoms with van der Waals surface area (Å²) < 4.78 is 43.5. The molecule has 0 aliphatic carbocycles. The fraction of sp³-hybridized carbons (Fsp3) is 0.348. The van der Waals surface area contributed by atoms with Crippen LogP contribution in [0.15, 0.2) is 54.9 Å². The molecule has 0 bridgehead atoms. The number of aromatic nitrogens is 3. The molecule has 1 aliphatic rings. The average molecular weight is 461 g/mol. The molecule has 2 aromatic heterocycles. The fourth-order valence-electron chi connectivity index (χ4n) is 3.25. The molecule has 7 nitrogen and oxygen atoms in total. The van der Waals surface area contributed by atoms with Crippen LogP contribution in [0.1, 0.15) is 25.1 Å². The molecule has 1 amide bonds. The molecule has 1 N–H and O–H groups in total. The van der Waals surface area contributed by atoms with E-state index < -0.39 is 11.9 Å². The minimum Gasteiger partial charge on any atom is -0.445 e. The molecule has 33 heavy (non-hydrogen) atoms. The van der Waals surface area contributed by atoms with E-state index in [1.807, 2.05) is 49.1 Å². The lowest BCUT2D eigenvalue weighted by Crippen LogP contribution is -2.49. The number of halogens is 3. The number of benzene rings is 1. The van der Waals surface area contributed by atoms with Gasteiger partial charge in [0.25, 0.3) is 0 Å². The third-order valence-corrected chi connectivity index (χ3v) is 4.97. The van der Waals surface area contributed by atoms with Gasteiger partial charge in [0, 0.05) is 37.9 Å². The first-order valence-corrected chi connectivity index (χ1v) is 10.7. The highest BCUT2D eigenvalue weighted by molar-refractivity contribution is 5.68. The molecule has 0 saturated carbocycles. The molecule has 0 atom stereocenters. The number of alkyl halides is 3. The smallest absolute Gasteiger partial charge is 0.432 e. The van der Waals surface area contributed by atoms with E-state index >= 15 is 0 Å². The summed E-state index contributed by atoms with van der Waals surface area (Å²) in [6.45, 7) is 6.36. The van der Waals surface area contributed by atoms with E-state index in [0.29, 0.717) is 37.6 Å². The molecule has 10 heteroatoms. The van der Waals surface area contributed by atoms with Crippen molar-refractivity contribution in [3.05, 3.63) is 66.1 Å². The Morgan fingerprint density at radius 1 is 1.00 bits per heavy atom. The number of H-pyrrole nitrogens is 1. The van der Waals surface area contributed by atoms with Crippen LogP contribution >= 0.6 is 0 Å². The lowest BCUT2D eigenvalue weighted by atomic mass is 10.2. The molecule has 1 saturated heterocycles. The van der Waals surface area contributed by atoms with Crippen LogP contribution < -0.4 is 4.90 Å². The maximum atomic E-state index is 12.7. The first-order chi connectivity index (χ1) is 15.9. The fourth-order valence-corrected chi connectivity index (χ4v) is 3.25. The SMILES string of the molecule is CC.O=C(OCc1ccccc1)N1CCN(c2ccc(-c3ncc(C(F)(F)F)[nH]3)cn2)CC1. The first-order valence-electron chi connectivity index (χ1n) is 10.7. The van der Waals surface area contributed by atoms with Gasteiger partial charge in [0.2, 0.25) is 0 Å². The molecule has 1 fully saturated rings. The lowest BCUT2D eigenvalue weighted by molar-refractivity contribution is -0.140. The van der Waals surface area contributed by atoms with Crippen molar-refractivity contribution in [3.63, 3.8) is 0 Å². The maximum Gasteiger partial charge on any atom is 0.432 e. The second-order valence-electron chi connectivity index (χ2n) is 7.06. The topological polar surface area (TPSA) is 74.3 Å². The number of nitrogens with zero attached hydrogens (tertiary/aromatic N) is 4. The summed E-state index contributed by atoms with van der Waals surface area (Å²) in [5.41, 5.74) is 0.488. The van der Waals surface area contributed by atoms with E-state index in [1.165, 1.54) is 6.20 Å². The van der Waals surface area contributed by atoms with Gasteiger partial charge >= 0.3 is 12.3 Å². The molecule has 4 rings (SSSR count). The minimum atomic E-state index is -4.47. The summed E-state index contributed by atoms with van der Waals surface area (Å²) in [6, 6.07) is 12.9. The van der Waals surface area contributed by atoms with Gasteiger partial charge in [-0.3, -0.25) is 0 Å². The molecule has 1 aliphatic heterocycles. The highest BCUT2D eigenvalue weighted by atomic mass is 19.4. The summed E-state index contributed by atoms with van der Waals surface area (Å²) in [5, 5.41) is 0. The van der Waals surface area contributed by atoms with Crippen LogP contribution in [-0.4, -0.2) is 52.1 Å². The quantitative estimate of drug-likeness (QED) is 0.594. The Morgan fingerprint density at radius 3 is 2.27 bits per heavy atom. The molecular weight excluding hydrogens is 435 g/mol. The number of nitrogens with one attached hydrogen (secondary N) is 1. The third-order valence-electron chi connectivity index (χ3n) is 4.97. The number of carbonyl (C=O) groups excluding carboxylic acids is 1. The van der Waals surface area contributed by atoms with E-state index in [2.05, 4.69) is 15.0 Å². The van der Waals surface area contributed by atoms with E-state index in [4.69, 9.17) is 4.74 Å². The van der Waals surface area contributed by atoms with Crippen molar-refractivity contribution in [2.75, 3.05) is 31.1 Å². The number of rotatable bonds is 4. The molecule has 176 valence electrons. The number of piperazine rings is 1. The van der Waals surface area contributed by atoms with Gasteiger partial charge in [-0.05, 0) is 17.7 Å². The zero-order valence-electron chi connectivity index (χ0n) is 18.5. The third kappa shape index (κ3) is 6.24. The van der Waals surface area contributed by atoms with Gasteiger partial charge in [-0.1, -0.05) is 44.2 Å². The number of hydrogen-bond donors (Lipinski definition) is 1. The number of carbonyl (C=O) groups is 1. The van der Waals surface area contributed by atoms with Crippen molar-refractivity contribution in [2.24, 2.45) is 0 Å². The van der Waals surface area contributed by atoms with Crippen molar-refractivity contribution in [2.45, 2.75) is 26.6 Å². The number of pyridine rings is 1. The first kappa shape index (κ1) is 24.1. The highest BCUT2D eigenvalue weighted by Crippen LogP contribution is 2.29. The molecule has 0 unspecified atom stereocenters. The van der Waals surface area contributed by atoms with Crippen molar-refractivity contribution in [1.82, 2.24) is 19.9 Å². The zero-order chi connectivity index (χ0) is 23.8. The van der Waals surface area contributed by atoms with Crippen molar-refractivity contribution < 1.29 is 22.7 Å². The predicted octanol–water partition coefficient (Wildman–Crippen LogP) is 4.98.